The molecule has 0 aliphatic rings. The lowest BCUT2D eigenvalue weighted by atomic mass is 10.2. The van der Waals surface area contributed by atoms with Gasteiger partial charge in [0.15, 0.2) is 5.13 Å². The smallest absolute Gasteiger partial charge is 0.187 e. The Labute approximate surface area is 133 Å². The summed E-state index contributed by atoms with van der Waals surface area (Å²) in [6.45, 7) is 2.63. The maximum Gasteiger partial charge on any atom is 0.187 e. The molecule has 0 saturated carbocycles. The first-order valence-corrected chi connectivity index (χ1v) is 7.87. The van der Waals surface area contributed by atoms with Gasteiger partial charge in [-0.2, -0.15) is 0 Å². The monoisotopic (exact) mass is 312 g/mol. The van der Waals surface area contributed by atoms with Crippen molar-refractivity contribution in [1.82, 2.24) is 4.98 Å². The minimum Gasteiger partial charge on any atom is -0.508 e. The van der Waals surface area contributed by atoms with Crippen molar-refractivity contribution in [3.63, 3.8) is 0 Å². The number of phenols is 1. The summed E-state index contributed by atoms with van der Waals surface area (Å²) in [5, 5.41) is 15.3. The number of nitrogens with zero attached hydrogens (tertiary/aromatic N) is 1. The number of thiazole rings is 1. The fourth-order valence-electron chi connectivity index (χ4n) is 2.02. The van der Waals surface area contributed by atoms with Gasteiger partial charge in [-0.25, -0.2) is 4.98 Å². The average molecular weight is 312 g/mol. The third-order valence-electron chi connectivity index (χ3n) is 3.08. The third kappa shape index (κ3) is 3.38. The van der Waals surface area contributed by atoms with Crippen LogP contribution in [0, 0.1) is 0 Å². The van der Waals surface area contributed by atoms with E-state index in [1.807, 2.05) is 48.7 Å². The second-order valence-corrected chi connectivity index (χ2v) is 5.53. The van der Waals surface area contributed by atoms with Crippen molar-refractivity contribution < 1.29 is 9.84 Å². The summed E-state index contributed by atoms with van der Waals surface area (Å²) in [4.78, 5) is 4.58. The van der Waals surface area contributed by atoms with E-state index in [0.717, 1.165) is 27.8 Å². The first-order chi connectivity index (χ1) is 10.7. The van der Waals surface area contributed by atoms with Crippen LogP contribution in [0.4, 0.5) is 10.8 Å². The van der Waals surface area contributed by atoms with E-state index in [1.54, 1.807) is 23.5 Å². The lowest BCUT2D eigenvalue weighted by Crippen LogP contribution is -1.91. The van der Waals surface area contributed by atoms with E-state index in [0.29, 0.717) is 6.61 Å². The van der Waals surface area contributed by atoms with Crippen LogP contribution in [0.1, 0.15) is 6.92 Å². The fraction of sp³-hybridized carbons (Fsp3) is 0.118. The summed E-state index contributed by atoms with van der Waals surface area (Å²) < 4.78 is 5.44. The van der Waals surface area contributed by atoms with Gasteiger partial charge < -0.3 is 15.2 Å². The predicted molar refractivity (Wildman–Crippen MR) is 90.1 cm³/mol. The fourth-order valence-corrected chi connectivity index (χ4v) is 2.76. The summed E-state index contributed by atoms with van der Waals surface area (Å²) in [5.74, 6) is 1.11. The predicted octanol–water partition coefficient (Wildman–Crippen LogP) is 4.66. The summed E-state index contributed by atoms with van der Waals surface area (Å²) in [7, 11) is 0. The Balaban J connectivity index is 1.74. The maximum absolute atomic E-state index is 9.29. The summed E-state index contributed by atoms with van der Waals surface area (Å²) in [5.41, 5.74) is 2.87. The molecule has 0 aliphatic heterocycles. The zero-order valence-electron chi connectivity index (χ0n) is 12.1. The molecule has 0 unspecified atom stereocenters. The van der Waals surface area contributed by atoms with Crippen LogP contribution in [0.25, 0.3) is 11.3 Å². The Morgan fingerprint density at radius 3 is 2.50 bits per heavy atom. The van der Waals surface area contributed by atoms with Crippen molar-refractivity contribution in [2.24, 2.45) is 0 Å². The number of hydrogen-bond acceptors (Lipinski definition) is 5. The Kier molecular flexibility index (Phi) is 4.25. The number of nitrogens with one attached hydrogen (secondary N) is 1. The number of rotatable bonds is 5. The van der Waals surface area contributed by atoms with Crippen molar-refractivity contribution in [3.05, 3.63) is 53.9 Å². The highest BCUT2D eigenvalue weighted by Crippen LogP contribution is 2.28. The summed E-state index contributed by atoms with van der Waals surface area (Å²) >= 11 is 1.54. The van der Waals surface area contributed by atoms with Crippen LogP contribution >= 0.6 is 11.3 Å². The van der Waals surface area contributed by atoms with E-state index < -0.39 is 0 Å². The molecule has 5 heteroatoms. The molecule has 22 heavy (non-hydrogen) atoms. The van der Waals surface area contributed by atoms with Gasteiger partial charge in [-0.05, 0) is 55.5 Å². The molecule has 2 N–H and O–H groups in total. The van der Waals surface area contributed by atoms with Crippen molar-refractivity contribution in [2.75, 3.05) is 11.9 Å². The van der Waals surface area contributed by atoms with Gasteiger partial charge in [0.2, 0.25) is 0 Å². The molecule has 1 aromatic heterocycles. The zero-order chi connectivity index (χ0) is 15.4. The highest BCUT2D eigenvalue weighted by atomic mass is 32.1. The molecule has 0 spiro atoms. The maximum atomic E-state index is 9.29. The Morgan fingerprint density at radius 1 is 1.09 bits per heavy atom. The van der Waals surface area contributed by atoms with Crippen molar-refractivity contribution >= 4 is 22.2 Å². The first-order valence-electron chi connectivity index (χ1n) is 6.99. The van der Waals surface area contributed by atoms with Crippen molar-refractivity contribution in [3.8, 4) is 22.8 Å². The number of aromatic nitrogens is 1. The number of anilines is 2. The topological polar surface area (TPSA) is 54.4 Å². The zero-order valence-corrected chi connectivity index (χ0v) is 12.9. The van der Waals surface area contributed by atoms with Crippen molar-refractivity contribution in [2.45, 2.75) is 6.92 Å². The number of benzene rings is 2. The largest absolute Gasteiger partial charge is 0.508 e. The van der Waals surface area contributed by atoms with Gasteiger partial charge in [-0.15, -0.1) is 11.3 Å². The molecule has 4 nitrogen and oxygen atoms in total. The molecule has 0 radical (unpaired) electrons. The highest BCUT2D eigenvalue weighted by Gasteiger charge is 2.05. The quantitative estimate of drug-likeness (QED) is 0.673. The number of phenolic OH excluding ortho intramolecular Hbond substituents is 1. The average Bonchev–Trinajstić information content (AvgIpc) is 2.99. The van der Waals surface area contributed by atoms with Crippen LogP contribution in [0.5, 0.6) is 11.5 Å². The second kappa shape index (κ2) is 6.49. The lowest BCUT2D eigenvalue weighted by Gasteiger charge is -2.03. The number of ether oxygens (including phenoxy) is 1. The van der Waals surface area contributed by atoms with E-state index in [9.17, 15) is 5.11 Å². The van der Waals surface area contributed by atoms with Gasteiger partial charge in [0, 0.05) is 16.6 Å². The summed E-state index contributed by atoms with van der Waals surface area (Å²) in [6, 6.07) is 14.8. The van der Waals surface area contributed by atoms with E-state index in [2.05, 4.69) is 10.3 Å². The molecule has 0 atom stereocenters. The SMILES string of the molecule is CCOc1ccc(-c2csc(Nc3ccc(O)cc3)n2)cc1. The van der Waals surface area contributed by atoms with E-state index in [4.69, 9.17) is 4.74 Å². The number of aromatic hydroxyl groups is 1. The van der Waals surface area contributed by atoms with Gasteiger partial charge in [0.25, 0.3) is 0 Å². The van der Waals surface area contributed by atoms with Crippen LogP contribution in [0.15, 0.2) is 53.9 Å². The van der Waals surface area contributed by atoms with E-state index in [1.165, 1.54) is 0 Å². The van der Waals surface area contributed by atoms with Crippen LogP contribution in [0.3, 0.4) is 0 Å². The van der Waals surface area contributed by atoms with Crippen LogP contribution in [-0.2, 0) is 0 Å². The lowest BCUT2D eigenvalue weighted by molar-refractivity contribution is 0.340. The molecule has 0 aliphatic carbocycles. The molecule has 0 fully saturated rings. The van der Waals surface area contributed by atoms with E-state index >= 15 is 0 Å². The molecule has 112 valence electrons. The van der Waals surface area contributed by atoms with Crippen molar-refractivity contribution in [1.29, 1.82) is 0 Å². The molecule has 0 amide bonds. The molecule has 1 heterocycles. The molecule has 0 bridgehead atoms. The van der Waals surface area contributed by atoms with Gasteiger partial charge >= 0.3 is 0 Å². The van der Waals surface area contributed by atoms with Crippen LogP contribution in [-0.4, -0.2) is 16.7 Å². The Morgan fingerprint density at radius 2 is 1.82 bits per heavy atom. The normalized spacial score (nSPS) is 10.4. The standard InChI is InChI=1S/C17H16N2O2S/c1-2-21-15-9-3-12(4-10-15)16-11-22-17(19-16)18-13-5-7-14(20)8-6-13/h3-11,20H,2H2,1H3,(H,18,19). The highest BCUT2D eigenvalue weighted by molar-refractivity contribution is 7.14. The molecule has 0 saturated heterocycles. The minimum absolute atomic E-state index is 0.250. The van der Waals surface area contributed by atoms with Gasteiger partial charge in [0.05, 0.1) is 12.3 Å². The van der Waals surface area contributed by atoms with Gasteiger partial charge in [-0.3, -0.25) is 0 Å². The third-order valence-corrected chi connectivity index (χ3v) is 3.84. The Hall–Kier alpha value is -2.53. The molecule has 3 rings (SSSR count). The molecule has 2 aromatic carbocycles. The Bertz CT molecular complexity index is 736. The van der Waals surface area contributed by atoms with Crippen LogP contribution < -0.4 is 10.1 Å². The second-order valence-electron chi connectivity index (χ2n) is 4.67. The molecular weight excluding hydrogens is 296 g/mol. The van der Waals surface area contributed by atoms with Gasteiger partial charge in [0.1, 0.15) is 11.5 Å². The first kappa shape index (κ1) is 14.4. The molecular formula is C17H16N2O2S. The molecule has 3 aromatic rings. The summed E-state index contributed by atoms with van der Waals surface area (Å²) in [6.07, 6.45) is 0. The van der Waals surface area contributed by atoms with Crippen LogP contribution in [0.2, 0.25) is 0 Å². The van der Waals surface area contributed by atoms with E-state index in [-0.39, 0.29) is 5.75 Å². The van der Waals surface area contributed by atoms with Gasteiger partial charge in [-0.1, -0.05) is 0 Å². The minimum atomic E-state index is 0.250. The number of hydrogen-bond donors (Lipinski definition) is 2.